The summed E-state index contributed by atoms with van der Waals surface area (Å²) >= 11 is 1.40. The highest BCUT2D eigenvalue weighted by atomic mass is 32.2. The molecule has 1 fully saturated rings. The summed E-state index contributed by atoms with van der Waals surface area (Å²) in [7, 11) is 0. The van der Waals surface area contributed by atoms with Gasteiger partial charge < -0.3 is 9.52 Å². The molecule has 94 valence electrons. The topological polar surface area (TPSA) is 94.0 Å². The van der Waals surface area contributed by atoms with Crippen LogP contribution in [0.5, 0.6) is 5.75 Å². The molecule has 0 radical (unpaired) electrons. The summed E-state index contributed by atoms with van der Waals surface area (Å²) < 4.78 is 6.90. The van der Waals surface area contributed by atoms with E-state index in [0.29, 0.717) is 22.7 Å². The molecule has 2 aromatic rings. The lowest BCUT2D eigenvalue weighted by Crippen LogP contribution is -2.01. The van der Waals surface area contributed by atoms with E-state index in [9.17, 15) is 4.79 Å². The van der Waals surface area contributed by atoms with Gasteiger partial charge in [-0.05, 0) is 23.3 Å². The number of hydrogen-bond acceptors (Lipinski definition) is 7. The van der Waals surface area contributed by atoms with Crippen LogP contribution >= 0.6 is 11.8 Å². The standard InChI is InChI=1S/C10H10N4O3S/c15-8-3-7(17-4-9(8)16)5-18-10-11-12-13-14(10)6-1-2-6/h3-4,6,16H,1-2,5H2. The maximum Gasteiger partial charge on any atom is 0.226 e. The molecule has 0 saturated heterocycles. The Morgan fingerprint density at radius 1 is 1.56 bits per heavy atom. The highest BCUT2D eigenvalue weighted by Gasteiger charge is 2.27. The van der Waals surface area contributed by atoms with Crippen molar-refractivity contribution in [2.75, 3.05) is 0 Å². The second-order valence-electron chi connectivity index (χ2n) is 4.02. The van der Waals surface area contributed by atoms with Crippen molar-refractivity contribution in [3.8, 4) is 5.75 Å². The van der Waals surface area contributed by atoms with E-state index in [2.05, 4.69) is 15.5 Å². The van der Waals surface area contributed by atoms with E-state index in [1.807, 2.05) is 0 Å². The van der Waals surface area contributed by atoms with Crippen molar-refractivity contribution in [1.29, 1.82) is 0 Å². The largest absolute Gasteiger partial charge is 0.502 e. The van der Waals surface area contributed by atoms with Gasteiger partial charge >= 0.3 is 0 Å². The predicted molar refractivity (Wildman–Crippen MR) is 62.3 cm³/mol. The molecule has 1 saturated carbocycles. The van der Waals surface area contributed by atoms with Crippen LogP contribution in [-0.2, 0) is 5.75 Å². The van der Waals surface area contributed by atoms with Gasteiger partial charge in [-0.1, -0.05) is 11.8 Å². The van der Waals surface area contributed by atoms with Crippen LogP contribution < -0.4 is 5.43 Å². The number of rotatable bonds is 4. The van der Waals surface area contributed by atoms with Crippen molar-refractivity contribution < 1.29 is 9.52 Å². The summed E-state index contributed by atoms with van der Waals surface area (Å²) in [5.41, 5.74) is -0.446. The number of nitrogens with zero attached hydrogens (tertiary/aromatic N) is 4. The molecule has 0 bridgehead atoms. The summed E-state index contributed by atoms with van der Waals surface area (Å²) in [4.78, 5) is 11.2. The lowest BCUT2D eigenvalue weighted by molar-refractivity contribution is 0.419. The van der Waals surface area contributed by atoms with Crippen molar-refractivity contribution in [2.45, 2.75) is 29.8 Å². The Morgan fingerprint density at radius 2 is 2.39 bits per heavy atom. The highest BCUT2D eigenvalue weighted by Crippen LogP contribution is 2.36. The minimum absolute atomic E-state index is 0.383. The minimum atomic E-state index is -0.446. The van der Waals surface area contributed by atoms with Crippen LogP contribution in [0.15, 0.2) is 26.7 Å². The Hall–Kier alpha value is -1.83. The van der Waals surface area contributed by atoms with Crippen LogP contribution in [-0.4, -0.2) is 25.3 Å². The third kappa shape index (κ3) is 2.23. The molecule has 0 atom stereocenters. The Morgan fingerprint density at radius 3 is 3.11 bits per heavy atom. The molecule has 0 unspecified atom stereocenters. The Balaban J connectivity index is 1.71. The molecule has 2 aromatic heterocycles. The van der Waals surface area contributed by atoms with Gasteiger partial charge in [0.05, 0.1) is 11.8 Å². The summed E-state index contributed by atoms with van der Waals surface area (Å²) in [6.07, 6.45) is 3.25. The molecule has 7 nitrogen and oxygen atoms in total. The first-order valence-corrected chi connectivity index (χ1v) is 6.44. The summed E-state index contributed by atoms with van der Waals surface area (Å²) in [6.45, 7) is 0. The average molecular weight is 266 g/mol. The van der Waals surface area contributed by atoms with Gasteiger partial charge in [0.2, 0.25) is 10.6 Å². The van der Waals surface area contributed by atoms with Gasteiger partial charge in [-0.15, -0.1) is 5.10 Å². The molecule has 2 heterocycles. The summed E-state index contributed by atoms with van der Waals surface area (Å²) in [5.74, 6) is 0.544. The van der Waals surface area contributed by atoms with Gasteiger partial charge in [-0.25, -0.2) is 4.68 Å². The zero-order valence-corrected chi connectivity index (χ0v) is 10.1. The number of thioether (sulfide) groups is 1. The number of aromatic hydroxyl groups is 1. The molecule has 8 heteroatoms. The molecule has 1 N–H and O–H groups in total. The number of tetrazole rings is 1. The summed E-state index contributed by atoms with van der Waals surface area (Å²) in [6, 6.07) is 1.68. The van der Waals surface area contributed by atoms with Gasteiger partial charge in [0.15, 0.2) is 5.75 Å². The van der Waals surface area contributed by atoms with Gasteiger partial charge in [0.1, 0.15) is 12.0 Å². The molecular formula is C10H10N4O3S. The van der Waals surface area contributed by atoms with E-state index in [1.54, 1.807) is 4.68 Å². The van der Waals surface area contributed by atoms with Crippen molar-refractivity contribution >= 4 is 11.8 Å². The van der Waals surface area contributed by atoms with Crippen LogP contribution in [0.3, 0.4) is 0 Å². The molecule has 1 aliphatic carbocycles. The van der Waals surface area contributed by atoms with E-state index in [4.69, 9.17) is 9.52 Å². The third-order valence-electron chi connectivity index (χ3n) is 2.57. The maximum absolute atomic E-state index is 11.2. The number of hydrogen-bond donors (Lipinski definition) is 1. The molecule has 3 rings (SSSR count). The predicted octanol–water partition coefficient (Wildman–Crippen LogP) is 0.959. The first-order chi connectivity index (χ1) is 8.74. The molecule has 0 spiro atoms. The van der Waals surface area contributed by atoms with Gasteiger partial charge in [-0.3, -0.25) is 4.79 Å². The zero-order chi connectivity index (χ0) is 12.5. The van der Waals surface area contributed by atoms with E-state index in [1.165, 1.54) is 17.8 Å². The van der Waals surface area contributed by atoms with E-state index in [0.717, 1.165) is 19.1 Å². The summed E-state index contributed by atoms with van der Waals surface area (Å²) in [5, 5.41) is 21.3. The molecule has 18 heavy (non-hydrogen) atoms. The van der Waals surface area contributed by atoms with Crippen LogP contribution in [0.4, 0.5) is 0 Å². The van der Waals surface area contributed by atoms with Gasteiger partial charge in [-0.2, -0.15) is 0 Å². The van der Waals surface area contributed by atoms with E-state index < -0.39 is 5.43 Å². The normalized spacial score (nSPS) is 14.9. The van der Waals surface area contributed by atoms with Gasteiger partial charge in [0.25, 0.3) is 0 Å². The van der Waals surface area contributed by atoms with Crippen molar-refractivity contribution in [3.63, 3.8) is 0 Å². The Kier molecular flexibility index (Phi) is 2.78. The van der Waals surface area contributed by atoms with Crippen LogP contribution in [0.25, 0.3) is 0 Å². The van der Waals surface area contributed by atoms with Crippen molar-refractivity contribution in [2.24, 2.45) is 0 Å². The SMILES string of the molecule is O=c1cc(CSc2nnnn2C2CC2)occ1O. The third-order valence-corrected chi connectivity index (χ3v) is 3.52. The average Bonchev–Trinajstić information content (AvgIpc) is 3.10. The fourth-order valence-corrected chi connectivity index (χ4v) is 2.32. The molecule has 0 aliphatic heterocycles. The minimum Gasteiger partial charge on any atom is -0.502 e. The highest BCUT2D eigenvalue weighted by molar-refractivity contribution is 7.98. The first-order valence-electron chi connectivity index (χ1n) is 5.45. The quantitative estimate of drug-likeness (QED) is 0.823. The number of aromatic nitrogens is 4. The smallest absolute Gasteiger partial charge is 0.226 e. The maximum atomic E-state index is 11.2. The monoisotopic (exact) mass is 266 g/mol. The second-order valence-corrected chi connectivity index (χ2v) is 4.96. The van der Waals surface area contributed by atoms with E-state index in [-0.39, 0.29) is 5.75 Å². The fraction of sp³-hybridized carbons (Fsp3) is 0.400. The van der Waals surface area contributed by atoms with Crippen molar-refractivity contribution in [3.05, 3.63) is 28.3 Å². The van der Waals surface area contributed by atoms with Crippen LogP contribution in [0.1, 0.15) is 24.6 Å². The molecule has 1 aliphatic rings. The van der Waals surface area contributed by atoms with Crippen LogP contribution in [0.2, 0.25) is 0 Å². The van der Waals surface area contributed by atoms with Crippen molar-refractivity contribution in [1.82, 2.24) is 20.2 Å². The lowest BCUT2D eigenvalue weighted by Gasteiger charge is -2.01. The van der Waals surface area contributed by atoms with E-state index >= 15 is 0 Å². The molecule has 0 amide bonds. The molecular weight excluding hydrogens is 256 g/mol. The Bertz CT molecular complexity index is 620. The second kappa shape index (κ2) is 4.45. The fourth-order valence-electron chi connectivity index (χ4n) is 1.48. The van der Waals surface area contributed by atoms with Crippen LogP contribution in [0, 0.1) is 0 Å². The molecule has 0 aromatic carbocycles. The van der Waals surface area contributed by atoms with Gasteiger partial charge in [0, 0.05) is 6.07 Å². The Labute approximate surface area is 106 Å². The first kappa shape index (κ1) is 11.3. The lowest BCUT2D eigenvalue weighted by atomic mass is 10.4. The zero-order valence-electron chi connectivity index (χ0n) is 9.31.